The van der Waals surface area contributed by atoms with Crippen molar-refractivity contribution < 1.29 is 9.90 Å². The highest BCUT2D eigenvalue weighted by Crippen LogP contribution is 2.36. The molecule has 0 bridgehead atoms. The van der Waals surface area contributed by atoms with E-state index in [0.29, 0.717) is 22.6 Å². The Kier molecular flexibility index (Phi) is 5.30. The van der Waals surface area contributed by atoms with Crippen LogP contribution in [0.25, 0.3) is 11.1 Å². The molecule has 3 nitrogen and oxygen atoms in total. The second-order valence-electron chi connectivity index (χ2n) is 5.70. The molecule has 0 aliphatic heterocycles. The first-order valence-corrected chi connectivity index (χ1v) is 7.84. The van der Waals surface area contributed by atoms with Crippen LogP contribution >= 0.6 is 23.2 Å². The van der Waals surface area contributed by atoms with Crippen LogP contribution in [0.15, 0.2) is 30.3 Å². The molecule has 0 aromatic heterocycles. The zero-order valence-electron chi connectivity index (χ0n) is 12.7. The summed E-state index contributed by atoms with van der Waals surface area (Å²) in [4.78, 5) is 11.0. The van der Waals surface area contributed by atoms with E-state index in [4.69, 9.17) is 28.3 Å². The van der Waals surface area contributed by atoms with Crippen molar-refractivity contribution >= 4 is 29.2 Å². The molecule has 0 heterocycles. The first kappa shape index (κ1) is 17.3. The Morgan fingerprint density at radius 1 is 1.22 bits per heavy atom. The minimum absolute atomic E-state index is 0.0284. The minimum Gasteiger partial charge on any atom is -0.478 e. The van der Waals surface area contributed by atoms with Gasteiger partial charge in [0, 0.05) is 5.56 Å². The second kappa shape index (κ2) is 7.04. The average molecular weight is 348 g/mol. The maximum Gasteiger partial charge on any atom is 0.335 e. The average Bonchev–Trinajstić information content (AvgIpc) is 2.47. The van der Waals surface area contributed by atoms with E-state index in [-0.39, 0.29) is 15.6 Å². The summed E-state index contributed by atoms with van der Waals surface area (Å²) in [6.07, 6.45) is 0.808. The quantitative estimate of drug-likeness (QED) is 0.801. The molecule has 0 fully saturated rings. The molecule has 2 aromatic carbocycles. The summed E-state index contributed by atoms with van der Waals surface area (Å²) < 4.78 is 0. The van der Waals surface area contributed by atoms with Gasteiger partial charge in [0.05, 0.1) is 27.2 Å². The van der Waals surface area contributed by atoms with Crippen molar-refractivity contribution in [1.82, 2.24) is 0 Å². The Morgan fingerprint density at radius 2 is 1.83 bits per heavy atom. The van der Waals surface area contributed by atoms with Crippen LogP contribution in [0.5, 0.6) is 0 Å². The van der Waals surface area contributed by atoms with Crippen LogP contribution in [-0.2, 0) is 6.42 Å². The van der Waals surface area contributed by atoms with Gasteiger partial charge in [-0.05, 0) is 41.7 Å². The van der Waals surface area contributed by atoms with Gasteiger partial charge in [-0.1, -0.05) is 49.2 Å². The second-order valence-corrected chi connectivity index (χ2v) is 6.52. The third-order valence-electron chi connectivity index (χ3n) is 3.44. The maximum atomic E-state index is 11.0. The number of benzene rings is 2. The largest absolute Gasteiger partial charge is 0.478 e. The van der Waals surface area contributed by atoms with E-state index >= 15 is 0 Å². The Hall–Kier alpha value is -2.02. The summed E-state index contributed by atoms with van der Waals surface area (Å²) in [6, 6.07) is 10.4. The summed E-state index contributed by atoms with van der Waals surface area (Å²) >= 11 is 12.4. The normalized spacial score (nSPS) is 10.6. The number of nitrogens with zero attached hydrogens (tertiary/aromatic N) is 1. The Balaban J connectivity index is 2.55. The lowest BCUT2D eigenvalue weighted by Crippen LogP contribution is -1.99. The van der Waals surface area contributed by atoms with E-state index in [1.165, 1.54) is 12.1 Å². The fraction of sp³-hybridized carbons (Fsp3) is 0.222. The van der Waals surface area contributed by atoms with Gasteiger partial charge in [0.1, 0.15) is 0 Å². The monoisotopic (exact) mass is 347 g/mol. The SMILES string of the molecule is CC(C)Cc1ccc(-c2c(Cl)cc(C(=O)O)cc2Cl)cc1C#N. The molecule has 2 rings (SSSR count). The number of nitriles is 1. The van der Waals surface area contributed by atoms with Crippen LogP contribution in [0, 0.1) is 17.2 Å². The van der Waals surface area contributed by atoms with Crippen LogP contribution in [0.1, 0.15) is 35.3 Å². The molecule has 0 radical (unpaired) electrons. The first-order valence-electron chi connectivity index (χ1n) is 7.09. The molecule has 0 saturated heterocycles. The molecule has 1 N–H and O–H groups in total. The van der Waals surface area contributed by atoms with Gasteiger partial charge in [-0.25, -0.2) is 4.79 Å². The molecule has 2 aromatic rings. The zero-order chi connectivity index (χ0) is 17.1. The Morgan fingerprint density at radius 3 is 2.30 bits per heavy atom. The molecule has 0 aliphatic rings. The predicted molar refractivity (Wildman–Crippen MR) is 92.1 cm³/mol. The molecule has 0 saturated carbocycles. The highest BCUT2D eigenvalue weighted by Gasteiger charge is 2.15. The van der Waals surface area contributed by atoms with Crippen molar-refractivity contribution in [2.24, 2.45) is 5.92 Å². The third kappa shape index (κ3) is 3.85. The predicted octanol–water partition coefficient (Wildman–Crippen LogP) is 5.43. The van der Waals surface area contributed by atoms with E-state index in [1.807, 2.05) is 12.1 Å². The molecular weight excluding hydrogens is 333 g/mol. The van der Waals surface area contributed by atoms with Gasteiger partial charge < -0.3 is 5.11 Å². The van der Waals surface area contributed by atoms with Crippen LogP contribution in [0.3, 0.4) is 0 Å². The van der Waals surface area contributed by atoms with Gasteiger partial charge in [0.2, 0.25) is 0 Å². The van der Waals surface area contributed by atoms with Crippen molar-refractivity contribution in [3.05, 3.63) is 57.1 Å². The van der Waals surface area contributed by atoms with Crippen molar-refractivity contribution in [2.75, 3.05) is 0 Å². The summed E-state index contributed by atoms with van der Waals surface area (Å²) in [5.41, 5.74) is 2.80. The lowest BCUT2D eigenvalue weighted by atomic mass is 9.94. The topological polar surface area (TPSA) is 61.1 Å². The lowest BCUT2D eigenvalue weighted by molar-refractivity contribution is 0.0697. The van der Waals surface area contributed by atoms with E-state index in [1.54, 1.807) is 6.07 Å². The number of halogens is 2. The summed E-state index contributed by atoms with van der Waals surface area (Å²) in [5.74, 6) is -0.652. The van der Waals surface area contributed by atoms with E-state index < -0.39 is 5.97 Å². The Bertz CT molecular complexity index is 784. The van der Waals surface area contributed by atoms with Crippen molar-refractivity contribution in [3.63, 3.8) is 0 Å². The van der Waals surface area contributed by atoms with E-state index in [2.05, 4.69) is 19.9 Å². The number of rotatable bonds is 4. The molecule has 0 amide bonds. The van der Waals surface area contributed by atoms with Gasteiger partial charge in [-0.3, -0.25) is 0 Å². The molecule has 0 atom stereocenters. The lowest BCUT2D eigenvalue weighted by Gasteiger charge is -2.12. The van der Waals surface area contributed by atoms with Gasteiger partial charge in [0.15, 0.2) is 0 Å². The minimum atomic E-state index is -1.09. The van der Waals surface area contributed by atoms with Crippen LogP contribution < -0.4 is 0 Å². The number of aromatic carboxylic acids is 1. The van der Waals surface area contributed by atoms with Crippen LogP contribution in [0.2, 0.25) is 10.0 Å². The van der Waals surface area contributed by atoms with Crippen molar-refractivity contribution in [2.45, 2.75) is 20.3 Å². The zero-order valence-corrected chi connectivity index (χ0v) is 14.2. The van der Waals surface area contributed by atoms with Gasteiger partial charge >= 0.3 is 5.97 Å². The molecule has 0 unspecified atom stereocenters. The molecular formula is C18H15Cl2NO2. The molecule has 0 aliphatic carbocycles. The standard InChI is InChI=1S/C18H15Cl2NO2/c1-10(2)5-11-3-4-12(6-14(11)9-21)17-15(19)7-13(18(22)23)8-16(17)20/h3-4,6-8,10H,5H2,1-2H3,(H,22,23). The fourth-order valence-corrected chi connectivity index (χ4v) is 3.13. The van der Waals surface area contributed by atoms with E-state index in [9.17, 15) is 10.1 Å². The molecule has 23 heavy (non-hydrogen) atoms. The molecule has 118 valence electrons. The summed E-state index contributed by atoms with van der Waals surface area (Å²) in [7, 11) is 0. The molecule has 5 heteroatoms. The van der Waals surface area contributed by atoms with Gasteiger partial charge in [-0.15, -0.1) is 0 Å². The summed E-state index contributed by atoms with van der Waals surface area (Å²) in [6.45, 7) is 4.18. The van der Waals surface area contributed by atoms with Crippen molar-refractivity contribution in [3.8, 4) is 17.2 Å². The number of carboxylic acid groups (broad SMARTS) is 1. The van der Waals surface area contributed by atoms with E-state index in [0.717, 1.165) is 12.0 Å². The smallest absolute Gasteiger partial charge is 0.335 e. The highest BCUT2D eigenvalue weighted by molar-refractivity contribution is 6.39. The molecule has 0 spiro atoms. The number of carboxylic acids is 1. The van der Waals surface area contributed by atoms with Gasteiger partial charge in [0.25, 0.3) is 0 Å². The van der Waals surface area contributed by atoms with Crippen LogP contribution in [-0.4, -0.2) is 11.1 Å². The van der Waals surface area contributed by atoms with Gasteiger partial charge in [-0.2, -0.15) is 5.26 Å². The highest BCUT2D eigenvalue weighted by atomic mass is 35.5. The fourth-order valence-electron chi connectivity index (χ4n) is 2.43. The van der Waals surface area contributed by atoms with Crippen LogP contribution in [0.4, 0.5) is 0 Å². The first-order chi connectivity index (χ1) is 10.8. The van der Waals surface area contributed by atoms with Crippen molar-refractivity contribution in [1.29, 1.82) is 5.26 Å². The third-order valence-corrected chi connectivity index (χ3v) is 4.03. The number of hydrogen-bond acceptors (Lipinski definition) is 2. The Labute approximate surface area is 145 Å². The summed E-state index contributed by atoms with van der Waals surface area (Å²) in [5, 5.41) is 18.9. The maximum absolute atomic E-state index is 11.0. The number of carbonyl (C=O) groups is 1. The number of hydrogen-bond donors (Lipinski definition) is 1.